The molecule has 0 aromatic carbocycles. The lowest BCUT2D eigenvalue weighted by molar-refractivity contribution is -0.106. The molecule has 2 unspecified atom stereocenters. The molecule has 16 heavy (non-hydrogen) atoms. The molecule has 4 bridgehead atoms. The van der Waals surface area contributed by atoms with E-state index in [4.69, 9.17) is 0 Å². The summed E-state index contributed by atoms with van der Waals surface area (Å²) in [5, 5.41) is 10.8. The molecule has 0 saturated heterocycles. The van der Waals surface area contributed by atoms with E-state index in [1.54, 1.807) is 0 Å². The van der Waals surface area contributed by atoms with E-state index in [0.29, 0.717) is 11.8 Å². The molecule has 0 radical (unpaired) electrons. The largest absolute Gasteiger partial charge is 0.389 e. The second kappa shape index (κ2) is 3.04. The van der Waals surface area contributed by atoms with Gasteiger partial charge >= 0.3 is 0 Å². The average Bonchev–Trinajstić information content (AvgIpc) is 2.88. The molecule has 5 fully saturated rings. The first-order valence-electron chi connectivity index (χ1n) is 7.43. The Bertz CT molecular complexity index is 283. The van der Waals surface area contributed by atoms with Crippen molar-refractivity contribution in [2.45, 2.75) is 57.5 Å². The molecule has 0 amide bonds. The molecule has 0 aromatic heterocycles. The fourth-order valence-electron chi connectivity index (χ4n) is 5.98. The van der Waals surface area contributed by atoms with Gasteiger partial charge in [-0.15, -0.1) is 0 Å². The Balaban J connectivity index is 1.61. The first kappa shape index (κ1) is 9.94. The molecule has 5 aliphatic rings. The van der Waals surface area contributed by atoms with Crippen molar-refractivity contribution >= 4 is 0 Å². The van der Waals surface area contributed by atoms with Crippen LogP contribution in [0.5, 0.6) is 0 Å². The van der Waals surface area contributed by atoms with Crippen LogP contribution in [0.15, 0.2) is 0 Å². The van der Waals surface area contributed by atoms with Crippen LogP contribution in [0.2, 0.25) is 0 Å². The van der Waals surface area contributed by atoms with Gasteiger partial charge in [-0.05, 0) is 74.0 Å². The topological polar surface area (TPSA) is 20.2 Å². The van der Waals surface area contributed by atoms with Crippen LogP contribution in [0.25, 0.3) is 0 Å². The standard InChI is InChI=1S/C15H24O/c1-2-13-8-15(13,16)14-11-4-9-3-10(6-11)7-12(14)5-9/h9-14,16H,2-8H2,1H3. The maximum absolute atomic E-state index is 10.8. The summed E-state index contributed by atoms with van der Waals surface area (Å²) in [6, 6.07) is 0. The van der Waals surface area contributed by atoms with E-state index in [-0.39, 0.29) is 5.60 Å². The average molecular weight is 220 g/mol. The van der Waals surface area contributed by atoms with Crippen molar-refractivity contribution in [3.8, 4) is 0 Å². The van der Waals surface area contributed by atoms with E-state index in [1.165, 1.54) is 38.5 Å². The SMILES string of the molecule is CCC1CC1(O)C1C2CC3CC(C2)CC1C3. The molecule has 5 saturated carbocycles. The summed E-state index contributed by atoms with van der Waals surface area (Å²) < 4.78 is 0. The Labute approximate surface area is 98.6 Å². The van der Waals surface area contributed by atoms with Gasteiger partial charge in [0.05, 0.1) is 5.60 Å². The first-order valence-corrected chi connectivity index (χ1v) is 7.43. The third-order valence-corrected chi connectivity index (χ3v) is 6.42. The molecule has 5 aliphatic carbocycles. The Morgan fingerprint density at radius 2 is 1.56 bits per heavy atom. The van der Waals surface area contributed by atoms with Crippen molar-refractivity contribution in [3.05, 3.63) is 0 Å². The highest BCUT2D eigenvalue weighted by Gasteiger charge is 2.64. The van der Waals surface area contributed by atoms with Gasteiger partial charge < -0.3 is 5.11 Å². The first-order chi connectivity index (χ1) is 7.70. The van der Waals surface area contributed by atoms with Gasteiger partial charge in [-0.25, -0.2) is 0 Å². The Kier molecular flexibility index (Phi) is 1.89. The fourth-order valence-corrected chi connectivity index (χ4v) is 5.98. The minimum Gasteiger partial charge on any atom is -0.389 e. The smallest absolute Gasteiger partial charge is 0.0713 e. The van der Waals surface area contributed by atoms with E-state index >= 15 is 0 Å². The van der Waals surface area contributed by atoms with E-state index in [0.717, 1.165) is 30.1 Å². The molecular weight excluding hydrogens is 196 g/mol. The van der Waals surface area contributed by atoms with Gasteiger partial charge in [0.15, 0.2) is 0 Å². The van der Waals surface area contributed by atoms with Crippen molar-refractivity contribution in [2.24, 2.45) is 35.5 Å². The van der Waals surface area contributed by atoms with Crippen molar-refractivity contribution < 1.29 is 5.11 Å². The summed E-state index contributed by atoms with van der Waals surface area (Å²) in [4.78, 5) is 0. The van der Waals surface area contributed by atoms with E-state index in [9.17, 15) is 5.11 Å². The van der Waals surface area contributed by atoms with Gasteiger partial charge in [0.2, 0.25) is 0 Å². The van der Waals surface area contributed by atoms with Crippen LogP contribution >= 0.6 is 0 Å². The van der Waals surface area contributed by atoms with Gasteiger partial charge in [-0.1, -0.05) is 13.3 Å². The monoisotopic (exact) mass is 220 g/mol. The second-order valence-electron chi connectivity index (χ2n) is 7.26. The number of rotatable bonds is 2. The molecule has 1 N–H and O–H groups in total. The number of hydrogen-bond donors (Lipinski definition) is 1. The molecule has 0 heterocycles. The fraction of sp³-hybridized carbons (Fsp3) is 1.00. The van der Waals surface area contributed by atoms with Crippen LogP contribution in [0.3, 0.4) is 0 Å². The van der Waals surface area contributed by atoms with Crippen molar-refractivity contribution in [1.29, 1.82) is 0 Å². The van der Waals surface area contributed by atoms with Crippen LogP contribution in [-0.2, 0) is 0 Å². The molecule has 0 spiro atoms. The zero-order valence-corrected chi connectivity index (χ0v) is 10.4. The highest BCUT2D eigenvalue weighted by molar-refractivity contribution is 5.14. The molecule has 1 heteroatoms. The minimum atomic E-state index is -0.211. The Morgan fingerprint density at radius 3 is 2.00 bits per heavy atom. The second-order valence-corrected chi connectivity index (χ2v) is 7.26. The normalized spacial score (nSPS) is 62.6. The molecular formula is C15H24O. The zero-order chi connectivity index (χ0) is 10.9. The van der Waals surface area contributed by atoms with Gasteiger partial charge in [0.25, 0.3) is 0 Å². The van der Waals surface area contributed by atoms with Crippen molar-refractivity contribution in [1.82, 2.24) is 0 Å². The van der Waals surface area contributed by atoms with Gasteiger partial charge in [0, 0.05) is 0 Å². The molecule has 2 atom stereocenters. The maximum Gasteiger partial charge on any atom is 0.0713 e. The van der Waals surface area contributed by atoms with Crippen LogP contribution in [-0.4, -0.2) is 10.7 Å². The third-order valence-electron chi connectivity index (χ3n) is 6.42. The van der Waals surface area contributed by atoms with E-state index < -0.39 is 0 Å². The molecule has 0 aliphatic heterocycles. The molecule has 1 nitrogen and oxygen atoms in total. The number of hydrogen-bond acceptors (Lipinski definition) is 1. The summed E-state index contributed by atoms with van der Waals surface area (Å²) in [5.74, 6) is 5.23. The third kappa shape index (κ3) is 1.16. The lowest BCUT2D eigenvalue weighted by Crippen LogP contribution is -2.50. The van der Waals surface area contributed by atoms with Gasteiger partial charge in [-0.3, -0.25) is 0 Å². The summed E-state index contributed by atoms with van der Waals surface area (Å²) in [6.45, 7) is 2.25. The van der Waals surface area contributed by atoms with Crippen LogP contribution in [0.4, 0.5) is 0 Å². The maximum atomic E-state index is 10.8. The Hall–Kier alpha value is -0.0400. The summed E-state index contributed by atoms with van der Waals surface area (Å²) in [6.07, 6.45) is 9.66. The summed E-state index contributed by atoms with van der Waals surface area (Å²) >= 11 is 0. The minimum absolute atomic E-state index is 0.211. The van der Waals surface area contributed by atoms with Crippen LogP contribution < -0.4 is 0 Å². The molecule has 5 rings (SSSR count). The zero-order valence-electron chi connectivity index (χ0n) is 10.4. The predicted molar refractivity (Wildman–Crippen MR) is 63.9 cm³/mol. The Morgan fingerprint density at radius 1 is 1.00 bits per heavy atom. The lowest BCUT2D eigenvalue weighted by Gasteiger charge is -2.56. The van der Waals surface area contributed by atoms with Crippen LogP contribution in [0, 0.1) is 35.5 Å². The lowest BCUT2D eigenvalue weighted by atomic mass is 9.50. The quantitative estimate of drug-likeness (QED) is 0.757. The van der Waals surface area contributed by atoms with Gasteiger partial charge in [-0.2, -0.15) is 0 Å². The van der Waals surface area contributed by atoms with E-state index in [2.05, 4.69) is 6.92 Å². The van der Waals surface area contributed by atoms with Crippen molar-refractivity contribution in [3.63, 3.8) is 0 Å². The highest BCUT2D eigenvalue weighted by atomic mass is 16.3. The van der Waals surface area contributed by atoms with Gasteiger partial charge in [0.1, 0.15) is 0 Å². The van der Waals surface area contributed by atoms with Crippen LogP contribution in [0.1, 0.15) is 51.9 Å². The predicted octanol–water partition coefficient (Wildman–Crippen LogP) is 3.22. The molecule has 0 aromatic rings. The van der Waals surface area contributed by atoms with E-state index in [1.807, 2.05) is 0 Å². The summed E-state index contributed by atoms with van der Waals surface area (Å²) in [5.41, 5.74) is -0.211. The number of aliphatic hydroxyl groups is 1. The molecule has 90 valence electrons. The summed E-state index contributed by atoms with van der Waals surface area (Å²) in [7, 11) is 0. The van der Waals surface area contributed by atoms with Crippen molar-refractivity contribution in [2.75, 3.05) is 0 Å². The highest BCUT2D eigenvalue weighted by Crippen LogP contribution is 2.65.